The summed E-state index contributed by atoms with van der Waals surface area (Å²) in [5, 5.41) is 8.83. The lowest BCUT2D eigenvalue weighted by Gasteiger charge is -2.22. The minimum Gasteiger partial charge on any atom is -0.495 e. The highest BCUT2D eigenvalue weighted by atomic mass is 35.5. The quantitative estimate of drug-likeness (QED) is 0.840. The number of aromatic nitrogens is 1. The van der Waals surface area contributed by atoms with E-state index in [1.54, 1.807) is 19.2 Å². The molecule has 1 aliphatic rings. The van der Waals surface area contributed by atoms with Crippen molar-refractivity contribution in [3.63, 3.8) is 0 Å². The Bertz CT molecular complexity index is 705. The van der Waals surface area contributed by atoms with Crippen LogP contribution in [-0.2, 0) is 9.53 Å². The molecule has 1 aromatic heterocycles. The molecule has 1 fully saturated rings. The van der Waals surface area contributed by atoms with E-state index in [1.807, 2.05) is 11.4 Å². The van der Waals surface area contributed by atoms with Crippen LogP contribution in [0.15, 0.2) is 23.6 Å². The van der Waals surface area contributed by atoms with E-state index in [9.17, 15) is 4.79 Å². The molecule has 2 aromatic rings. The van der Waals surface area contributed by atoms with Crippen LogP contribution in [0, 0.1) is 0 Å². The molecule has 0 aliphatic carbocycles. The van der Waals surface area contributed by atoms with Gasteiger partial charge in [0.05, 0.1) is 24.4 Å². The molecular formula is C15H17Cl2N3O3S. The standard InChI is InChI=1S/C15H16ClN3O3S.ClH/c1-21-12-3-2-9(6-10(12)16)11-8-23-15(18-11)19-14(20)13-7-17-4-5-22-13;/h2-3,6,8,13,17H,4-5,7H2,1H3,(H,18,19,20);1H/t13-;/m1./s1. The van der Waals surface area contributed by atoms with Crippen molar-refractivity contribution in [2.75, 3.05) is 32.1 Å². The molecule has 6 nitrogen and oxygen atoms in total. The third-order valence-corrected chi connectivity index (χ3v) is 4.46. The summed E-state index contributed by atoms with van der Waals surface area (Å²) in [6.07, 6.45) is -0.480. The fraction of sp³-hybridized carbons (Fsp3) is 0.333. The van der Waals surface area contributed by atoms with Crippen molar-refractivity contribution >= 4 is 46.4 Å². The van der Waals surface area contributed by atoms with Crippen LogP contribution in [0.5, 0.6) is 5.75 Å². The number of benzene rings is 1. The number of hydrogen-bond acceptors (Lipinski definition) is 6. The van der Waals surface area contributed by atoms with Gasteiger partial charge in [0.25, 0.3) is 5.91 Å². The van der Waals surface area contributed by atoms with Crippen molar-refractivity contribution in [3.05, 3.63) is 28.6 Å². The smallest absolute Gasteiger partial charge is 0.256 e. The number of thiazole rings is 1. The first-order valence-electron chi connectivity index (χ1n) is 7.10. The topological polar surface area (TPSA) is 72.5 Å². The number of nitrogens with zero attached hydrogens (tertiary/aromatic N) is 1. The van der Waals surface area contributed by atoms with Crippen molar-refractivity contribution < 1.29 is 14.3 Å². The number of hydrogen-bond donors (Lipinski definition) is 2. The molecular weight excluding hydrogens is 373 g/mol. The van der Waals surface area contributed by atoms with Gasteiger partial charge in [-0.1, -0.05) is 11.6 Å². The van der Waals surface area contributed by atoms with Crippen molar-refractivity contribution in [3.8, 4) is 17.0 Å². The molecule has 1 saturated heterocycles. The van der Waals surface area contributed by atoms with Crippen LogP contribution in [0.1, 0.15) is 0 Å². The van der Waals surface area contributed by atoms with Crippen molar-refractivity contribution in [1.29, 1.82) is 0 Å². The molecule has 2 heterocycles. The third kappa shape index (κ3) is 4.37. The van der Waals surface area contributed by atoms with E-state index in [0.29, 0.717) is 29.1 Å². The maximum absolute atomic E-state index is 12.1. The summed E-state index contributed by atoms with van der Waals surface area (Å²) in [6.45, 7) is 1.81. The monoisotopic (exact) mass is 389 g/mol. The second kappa shape index (κ2) is 8.64. The Hall–Kier alpha value is -1.38. The minimum atomic E-state index is -0.480. The SMILES string of the molecule is COc1ccc(-c2csc(NC(=O)[C@H]3CNCCO3)n2)cc1Cl.Cl. The molecule has 1 aliphatic heterocycles. The molecule has 2 N–H and O–H groups in total. The van der Waals surface area contributed by atoms with Crippen LogP contribution in [0.4, 0.5) is 5.13 Å². The molecule has 24 heavy (non-hydrogen) atoms. The molecule has 0 saturated carbocycles. The first-order chi connectivity index (χ1) is 11.2. The lowest BCUT2D eigenvalue weighted by Crippen LogP contribution is -2.45. The molecule has 0 bridgehead atoms. The number of nitrogens with one attached hydrogen (secondary N) is 2. The molecule has 0 unspecified atom stereocenters. The minimum absolute atomic E-state index is 0. The lowest BCUT2D eigenvalue weighted by atomic mass is 10.2. The number of amides is 1. The molecule has 1 aromatic carbocycles. The zero-order chi connectivity index (χ0) is 16.2. The number of carbonyl (C=O) groups is 1. The Kier molecular flexibility index (Phi) is 6.82. The summed E-state index contributed by atoms with van der Waals surface area (Å²) in [4.78, 5) is 16.5. The first-order valence-corrected chi connectivity index (χ1v) is 8.36. The zero-order valence-electron chi connectivity index (χ0n) is 12.9. The Morgan fingerprint density at radius 2 is 2.38 bits per heavy atom. The highest BCUT2D eigenvalue weighted by Gasteiger charge is 2.22. The molecule has 9 heteroatoms. The van der Waals surface area contributed by atoms with E-state index in [-0.39, 0.29) is 18.3 Å². The van der Waals surface area contributed by atoms with E-state index >= 15 is 0 Å². The predicted molar refractivity (Wildman–Crippen MR) is 97.6 cm³/mol. The number of ether oxygens (including phenoxy) is 2. The zero-order valence-corrected chi connectivity index (χ0v) is 15.3. The van der Waals surface area contributed by atoms with Crippen LogP contribution in [-0.4, -0.2) is 43.8 Å². The van der Waals surface area contributed by atoms with Crippen LogP contribution in [0.2, 0.25) is 5.02 Å². The third-order valence-electron chi connectivity index (χ3n) is 3.40. The molecule has 1 amide bonds. The van der Waals surface area contributed by atoms with Gasteiger partial charge in [0.15, 0.2) is 5.13 Å². The van der Waals surface area contributed by atoms with Gasteiger partial charge < -0.3 is 14.8 Å². The molecule has 1 atom stereocenters. The summed E-state index contributed by atoms with van der Waals surface area (Å²) >= 11 is 7.49. The van der Waals surface area contributed by atoms with E-state index in [4.69, 9.17) is 21.1 Å². The summed E-state index contributed by atoms with van der Waals surface area (Å²) in [5.41, 5.74) is 1.61. The maximum atomic E-state index is 12.1. The normalized spacial score (nSPS) is 17.0. The fourth-order valence-corrected chi connectivity index (χ4v) is 3.19. The van der Waals surface area contributed by atoms with Crippen molar-refractivity contribution in [1.82, 2.24) is 10.3 Å². The highest BCUT2D eigenvalue weighted by molar-refractivity contribution is 7.14. The molecule has 0 spiro atoms. The van der Waals surface area contributed by atoms with Gasteiger partial charge in [0, 0.05) is 24.0 Å². The average molecular weight is 390 g/mol. The Morgan fingerprint density at radius 1 is 1.54 bits per heavy atom. The average Bonchev–Trinajstić information content (AvgIpc) is 3.04. The number of morpholine rings is 1. The summed E-state index contributed by atoms with van der Waals surface area (Å²) in [7, 11) is 1.57. The van der Waals surface area contributed by atoms with Crippen LogP contribution < -0.4 is 15.4 Å². The fourth-order valence-electron chi connectivity index (χ4n) is 2.21. The van der Waals surface area contributed by atoms with Crippen LogP contribution in [0.25, 0.3) is 11.3 Å². The number of halogens is 2. The largest absolute Gasteiger partial charge is 0.495 e. The molecule has 130 valence electrons. The second-order valence-electron chi connectivity index (χ2n) is 4.94. The van der Waals surface area contributed by atoms with Gasteiger partial charge in [-0.3, -0.25) is 10.1 Å². The molecule has 0 radical (unpaired) electrons. The highest BCUT2D eigenvalue weighted by Crippen LogP contribution is 2.31. The maximum Gasteiger partial charge on any atom is 0.256 e. The van der Waals surface area contributed by atoms with Gasteiger partial charge in [-0.05, 0) is 18.2 Å². The van der Waals surface area contributed by atoms with E-state index < -0.39 is 6.10 Å². The number of rotatable bonds is 4. The van der Waals surface area contributed by atoms with Crippen molar-refractivity contribution in [2.45, 2.75) is 6.10 Å². The van der Waals surface area contributed by atoms with E-state index in [2.05, 4.69) is 15.6 Å². The predicted octanol–water partition coefficient (Wildman–Crippen LogP) is 2.82. The Morgan fingerprint density at radius 3 is 3.04 bits per heavy atom. The van der Waals surface area contributed by atoms with E-state index in [0.717, 1.165) is 17.8 Å². The Labute approximate surface area is 154 Å². The second-order valence-corrected chi connectivity index (χ2v) is 6.21. The number of anilines is 1. The van der Waals surface area contributed by atoms with Gasteiger partial charge in [-0.25, -0.2) is 4.98 Å². The van der Waals surface area contributed by atoms with Gasteiger partial charge in [-0.15, -0.1) is 23.7 Å². The lowest BCUT2D eigenvalue weighted by molar-refractivity contribution is -0.128. The van der Waals surface area contributed by atoms with Gasteiger partial charge in [-0.2, -0.15) is 0 Å². The Balaban J connectivity index is 0.00000208. The van der Waals surface area contributed by atoms with Crippen LogP contribution >= 0.6 is 35.3 Å². The summed E-state index contributed by atoms with van der Waals surface area (Å²) in [6, 6.07) is 5.45. The number of methoxy groups -OCH3 is 1. The van der Waals surface area contributed by atoms with Gasteiger partial charge >= 0.3 is 0 Å². The first kappa shape index (κ1) is 19.0. The van der Waals surface area contributed by atoms with Crippen molar-refractivity contribution in [2.24, 2.45) is 0 Å². The van der Waals surface area contributed by atoms with E-state index in [1.165, 1.54) is 11.3 Å². The molecule has 3 rings (SSSR count). The summed E-state index contributed by atoms with van der Waals surface area (Å²) in [5.74, 6) is 0.423. The van der Waals surface area contributed by atoms with Gasteiger partial charge in [0.2, 0.25) is 0 Å². The number of carbonyl (C=O) groups excluding carboxylic acids is 1. The van der Waals surface area contributed by atoms with Crippen LogP contribution in [0.3, 0.4) is 0 Å². The van der Waals surface area contributed by atoms with Gasteiger partial charge in [0.1, 0.15) is 11.9 Å². The summed E-state index contributed by atoms with van der Waals surface area (Å²) < 4.78 is 10.5.